The van der Waals surface area contributed by atoms with Crippen molar-refractivity contribution < 1.29 is 14.3 Å². The molecule has 0 spiro atoms. The van der Waals surface area contributed by atoms with E-state index in [1.54, 1.807) is 0 Å². The number of benzene rings is 1. The number of esters is 1. The molecule has 0 amide bonds. The summed E-state index contributed by atoms with van der Waals surface area (Å²) in [6.07, 6.45) is 6.06. The molecule has 2 atom stereocenters. The van der Waals surface area contributed by atoms with Crippen LogP contribution in [0.15, 0.2) is 16.7 Å². The number of nitrogens with zero attached hydrogens (tertiary/aromatic N) is 2. The molecule has 5 nitrogen and oxygen atoms in total. The summed E-state index contributed by atoms with van der Waals surface area (Å²) in [7, 11) is 1.41. The lowest BCUT2D eigenvalue weighted by Gasteiger charge is -2.24. The maximum Gasteiger partial charge on any atom is 0.306 e. The lowest BCUT2D eigenvalue weighted by molar-refractivity contribution is -0.141. The van der Waals surface area contributed by atoms with Crippen molar-refractivity contribution in [2.75, 3.05) is 13.7 Å². The fraction of sp³-hybridized carbons (Fsp3) is 0.556. The third-order valence-corrected chi connectivity index (χ3v) is 5.96. The minimum atomic E-state index is -0.235. The van der Waals surface area contributed by atoms with Gasteiger partial charge >= 0.3 is 5.97 Å². The predicted molar refractivity (Wildman–Crippen MR) is 101 cm³/mol. The average Bonchev–Trinajstić information content (AvgIpc) is 3.05. The van der Waals surface area contributed by atoms with Gasteiger partial charge in [-0.25, -0.2) is 4.68 Å². The molecule has 1 fully saturated rings. The number of fused-ring (bicyclic) bond motifs is 1. The van der Waals surface area contributed by atoms with Gasteiger partial charge in [-0.3, -0.25) is 4.79 Å². The van der Waals surface area contributed by atoms with Crippen molar-refractivity contribution in [3.8, 4) is 0 Å². The minimum Gasteiger partial charge on any atom is -0.469 e. The molecule has 2 aromatic rings. The second kappa shape index (κ2) is 8.06. The van der Waals surface area contributed by atoms with Crippen molar-refractivity contribution in [1.82, 2.24) is 9.78 Å². The van der Waals surface area contributed by atoms with Gasteiger partial charge in [0.05, 0.1) is 25.2 Å². The molecule has 1 aliphatic heterocycles. The first kappa shape index (κ1) is 18.7. The fourth-order valence-corrected chi connectivity index (χ4v) is 4.70. The van der Waals surface area contributed by atoms with Crippen LogP contribution < -0.4 is 0 Å². The number of methoxy groups -OCH3 is 1. The number of hydrogen-bond acceptors (Lipinski definition) is 4. The molecule has 3 rings (SSSR count). The molecule has 136 valence electrons. The summed E-state index contributed by atoms with van der Waals surface area (Å²) in [6.45, 7) is 2.80. The second-order valence-electron chi connectivity index (χ2n) is 6.31. The van der Waals surface area contributed by atoms with Crippen LogP contribution in [-0.4, -0.2) is 29.5 Å². The standard InChI is InChI=1S/C18H22BrClN2O3/c1-3-11(8-16(23)24-2)17-13(20)9-14-12(18(17)19)10-21-22(14)15-6-4-5-7-25-15/h9-11,15H,3-8H2,1-2H3. The highest BCUT2D eigenvalue weighted by molar-refractivity contribution is 9.10. The Bertz CT molecular complexity index is 771. The van der Waals surface area contributed by atoms with Gasteiger partial charge in [0, 0.05) is 21.5 Å². The maximum atomic E-state index is 11.7. The van der Waals surface area contributed by atoms with E-state index in [1.807, 2.05) is 23.9 Å². The molecule has 0 radical (unpaired) electrons. The summed E-state index contributed by atoms with van der Waals surface area (Å²) in [5, 5.41) is 6.15. The van der Waals surface area contributed by atoms with Gasteiger partial charge in [0.15, 0.2) is 6.23 Å². The van der Waals surface area contributed by atoms with Crippen molar-refractivity contribution in [2.45, 2.75) is 51.2 Å². The van der Waals surface area contributed by atoms with Gasteiger partial charge in [0.25, 0.3) is 0 Å². The zero-order valence-corrected chi connectivity index (χ0v) is 16.8. The van der Waals surface area contributed by atoms with Gasteiger partial charge in [-0.15, -0.1) is 0 Å². The average molecular weight is 430 g/mol. The molecule has 1 aromatic heterocycles. The summed E-state index contributed by atoms with van der Waals surface area (Å²) in [4.78, 5) is 11.7. The van der Waals surface area contributed by atoms with Gasteiger partial charge in [0.1, 0.15) is 0 Å². The monoisotopic (exact) mass is 428 g/mol. The number of halogens is 2. The van der Waals surface area contributed by atoms with Crippen LogP contribution in [0.3, 0.4) is 0 Å². The number of ether oxygens (including phenoxy) is 2. The summed E-state index contributed by atoms with van der Waals surface area (Å²) in [5.74, 6) is -0.241. The number of rotatable bonds is 5. The molecule has 1 aliphatic rings. The Morgan fingerprint density at radius 3 is 3.00 bits per heavy atom. The van der Waals surface area contributed by atoms with Gasteiger partial charge in [-0.2, -0.15) is 5.10 Å². The first-order valence-corrected chi connectivity index (χ1v) is 9.77. The Balaban J connectivity index is 2.03. The molecule has 1 saturated heterocycles. The first-order chi connectivity index (χ1) is 12.1. The van der Waals surface area contributed by atoms with Crippen LogP contribution >= 0.6 is 27.5 Å². The second-order valence-corrected chi connectivity index (χ2v) is 7.51. The SMILES string of the molecule is CCC(CC(=O)OC)c1c(Cl)cc2c(cnn2C2CCCCO2)c1Br. The Kier molecular flexibility index (Phi) is 6.02. The van der Waals surface area contributed by atoms with Crippen LogP contribution in [0.5, 0.6) is 0 Å². The summed E-state index contributed by atoms with van der Waals surface area (Å²) in [6, 6.07) is 1.93. The Morgan fingerprint density at radius 2 is 2.36 bits per heavy atom. The van der Waals surface area contributed by atoms with Crippen molar-refractivity contribution >= 4 is 44.4 Å². The summed E-state index contributed by atoms with van der Waals surface area (Å²) < 4.78 is 13.5. The molecule has 2 heterocycles. The topological polar surface area (TPSA) is 53.3 Å². The lowest BCUT2D eigenvalue weighted by atomic mass is 9.92. The lowest BCUT2D eigenvalue weighted by Crippen LogP contribution is -2.19. The van der Waals surface area contributed by atoms with E-state index >= 15 is 0 Å². The van der Waals surface area contributed by atoms with Crippen LogP contribution in [0.25, 0.3) is 10.9 Å². The molecular formula is C18H22BrClN2O3. The van der Waals surface area contributed by atoms with E-state index < -0.39 is 0 Å². The van der Waals surface area contributed by atoms with Crippen molar-refractivity contribution in [3.05, 3.63) is 27.3 Å². The van der Waals surface area contributed by atoms with E-state index in [1.165, 1.54) is 7.11 Å². The van der Waals surface area contributed by atoms with E-state index in [0.717, 1.165) is 53.2 Å². The van der Waals surface area contributed by atoms with E-state index in [4.69, 9.17) is 21.1 Å². The zero-order chi connectivity index (χ0) is 18.0. The van der Waals surface area contributed by atoms with Crippen molar-refractivity contribution in [1.29, 1.82) is 0 Å². The Labute approximate surface area is 160 Å². The van der Waals surface area contributed by atoms with Crippen LogP contribution in [0.2, 0.25) is 5.02 Å². The highest BCUT2D eigenvalue weighted by atomic mass is 79.9. The van der Waals surface area contributed by atoms with Gasteiger partial charge in [-0.05, 0) is 59.2 Å². The van der Waals surface area contributed by atoms with Crippen molar-refractivity contribution in [2.24, 2.45) is 0 Å². The molecule has 2 unspecified atom stereocenters. The third kappa shape index (κ3) is 3.71. The maximum absolute atomic E-state index is 11.7. The first-order valence-electron chi connectivity index (χ1n) is 8.60. The normalized spacial score (nSPS) is 19.1. The highest BCUT2D eigenvalue weighted by Gasteiger charge is 2.25. The smallest absolute Gasteiger partial charge is 0.306 e. The van der Waals surface area contributed by atoms with Gasteiger partial charge < -0.3 is 9.47 Å². The predicted octanol–water partition coefficient (Wildman–Crippen LogP) is 5.21. The largest absolute Gasteiger partial charge is 0.469 e. The summed E-state index contributed by atoms with van der Waals surface area (Å²) in [5.41, 5.74) is 1.88. The van der Waals surface area contributed by atoms with Gasteiger partial charge in [-0.1, -0.05) is 18.5 Å². The molecule has 0 bridgehead atoms. The van der Waals surface area contributed by atoms with Gasteiger partial charge in [0.2, 0.25) is 0 Å². The summed E-state index contributed by atoms with van der Waals surface area (Å²) >= 11 is 10.3. The number of carbonyl (C=O) groups is 1. The number of hydrogen-bond donors (Lipinski definition) is 0. The number of aromatic nitrogens is 2. The van der Waals surface area contributed by atoms with E-state index in [9.17, 15) is 4.79 Å². The molecule has 25 heavy (non-hydrogen) atoms. The quantitative estimate of drug-likeness (QED) is 0.612. The molecule has 0 aliphatic carbocycles. The van der Waals surface area contributed by atoms with Crippen LogP contribution in [0.4, 0.5) is 0 Å². The van der Waals surface area contributed by atoms with E-state index in [0.29, 0.717) is 11.4 Å². The molecule has 7 heteroatoms. The molecule has 1 aromatic carbocycles. The van der Waals surface area contributed by atoms with Crippen LogP contribution in [0.1, 0.15) is 56.7 Å². The Morgan fingerprint density at radius 1 is 1.56 bits per heavy atom. The highest BCUT2D eigenvalue weighted by Crippen LogP contribution is 2.41. The molecule has 0 N–H and O–H groups in total. The minimum absolute atomic E-state index is 0.00648. The zero-order valence-electron chi connectivity index (χ0n) is 14.4. The number of carbonyl (C=O) groups excluding carboxylic acids is 1. The van der Waals surface area contributed by atoms with E-state index in [-0.39, 0.29) is 18.1 Å². The Hall–Kier alpha value is -1.11. The molecular weight excluding hydrogens is 408 g/mol. The van der Waals surface area contributed by atoms with Crippen molar-refractivity contribution in [3.63, 3.8) is 0 Å². The van der Waals surface area contributed by atoms with Crippen LogP contribution in [-0.2, 0) is 14.3 Å². The molecule has 0 saturated carbocycles. The fourth-order valence-electron chi connectivity index (χ4n) is 3.39. The third-order valence-electron chi connectivity index (χ3n) is 4.80. The van der Waals surface area contributed by atoms with Crippen LogP contribution in [0, 0.1) is 0 Å². The van der Waals surface area contributed by atoms with E-state index in [2.05, 4.69) is 21.0 Å².